The van der Waals surface area contributed by atoms with Crippen molar-refractivity contribution < 1.29 is 53.5 Å². The third-order valence-corrected chi connectivity index (χ3v) is 6.47. The molecule has 15 heteroatoms. The zero-order valence-corrected chi connectivity index (χ0v) is 21.5. The van der Waals surface area contributed by atoms with E-state index in [2.05, 4.69) is 21.2 Å². The summed E-state index contributed by atoms with van der Waals surface area (Å²) in [5, 5.41) is 11.7. The predicted octanol–water partition coefficient (Wildman–Crippen LogP) is 8.31. The van der Waals surface area contributed by atoms with Crippen LogP contribution in [0.25, 0.3) is 0 Å². The maximum Gasteiger partial charge on any atom is 0.435 e. The molecule has 0 fully saturated rings. The lowest BCUT2D eigenvalue weighted by Gasteiger charge is -2.31. The fraction of sp³-hybridized carbons (Fsp3) is 0.192. The average Bonchev–Trinajstić information content (AvgIpc) is 2.87. The summed E-state index contributed by atoms with van der Waals surface area (Å²) in [6.07, 6.45) is -20.2. The van der Waals surface area contributed by atoms with E-state index in [0.29, 0.717) is 0 Å². The Kier molecular flexibility index (Phi) is 8.59. The topological polar surface area (TPSA) is 70.0 Å². The Morgan fingerprint density at radius 2 is 1.39 bits per heavy atom. The number of hydrogen-bond acceptors (Lipinski definition) is 3. The minimum Gasteiger partial charge on any atom is -0.321 e. The molecular formula is C26H13BrF10N2O2. The van der Waals surface area contributed by atoms with E-state index >= 15 is 0 Å². The monoisotopic (exact) mass is 654 g/mol. The van der Waals surface area contributed by atoms with E-state index in [9.17, 15) is 58.8 Å². The maximum atomic E-state index is 14.5. The summed E-state index contributed by atoms with van der Waals surface area (Å²) in [5.41, 5.74) is -12.3. The number of nitrogens with one attached hydrogen (secondary N) is 1. The van der Waals surface area contributed by atoms with Crippen molar-refractivity contribution in [2.75, 3.05) is 5.32 Å². The highest BCUT2D eigenvalue weighted by molar-refractivity contribution is 9.10. The number of carbonyl (C=O) groups is 2. The molecule has 1 amide bonds. The van der Waals surface area contributed by atoms with Crippen molar-refractivity contribution in [1.82, 2.24) is 0 Å². The van der Waals surface area contributed by atoms with E-state index in [4.69, 9.17) is 0 Å². The van der Waals surface area contributed by atoms with Crippen molar-refractivity contribution >= 4 is 33.3 Å². The quantitative estimate of drug-likeness (QED) is 0.215. The Hall–Kier alpha value is -3.93. The van der Waals surface area contributed by atoms with Crippen molar-refractivity contribution in [3.05, 3.63) is 98.5 Å². The number of nitrogens with zero attached hydrogens (tertiary/aromatic N) is 1. The van der Waals surface area contributed by atoms with Crippen LogP contribution in [0.1, 0.15) is 43.0 Å². The van der Waals surface area contributed by atoms with Gasteiger partial charge >= 0.3 is 24.2 Å². The molecule has 0 unspecified atom stereocenters. The second kappa shape index (κ2) is 11.2. The maximum absolute atomic E-state index is 14.5. The Morgan fingerprint density at radius 1 is 0.805 bits per heavy atom. The molecule has 0 aliphatic carbocycles. The van der Waals surface area contributed by atoms with Gasteiger partial charge in [-0.05, 0) is 48.0 Å². The molecule has 41 heavy (non-hydrogen) atoms. The molecule has 0 aromatic heterocycles. The van der Waals surface area contributed by atoms with Crippen molar-refractivity contribution in [2.45, 2.75) is 30.6 Å². The number of anilines is 1. The number of Topliss-reactive ketones (excluding diaryl/α,β-unsaturated/α-hetero) is 1. The number of alkyl halides is 10. The lowest BCUT2D eigenvalue weighted by atomic mass is 9.89. The van der Waals surface area contributed by atoms with Crippen molar-refractivity contribution in [3.8, 4) is 6.07 Å². The molecule has 0 atom stereocenters. The number of amides is 1. The summed E-state index contributed by atoms with van der Waals surface area (Å²) < 4.78 is 134. The fourth-order valence-corrected chi connectivity index (χ4v) is 4.32. The smallest absolute Gasteiger partial charge is 0.321 e. The SMILES string of the molecule is N#Cc1ccc(C(=O)Cc2c(Br)cc(C(F)(C(F)(F)F)C(F)(F)F)cc2C(F)(F)F)cc1NC(=O)c1ccccc1. The summed E-state index contributed by atoms with van der Waals surface area (Å²) in [5.74, 6) is -1.82. The van der Waals surface area contributed by atoms with Crippen molar-refractivity contribution in [1.29, 1.82) is 5.26 Å². The zero-order chi connectivity index (χ0) is 31.0. The van der Waals surface area contributed by atoms with Crippen LogP contribution < -0.4 is 5.32 Å². The van der Waals surface area contributed by atoms with Gasteiger partial charge in [-0.1, -0.05) is 34.1 Å². The van der Waals surface area contributed by atoms with Crippen LogP contribution in [0.15, 0.2) is 65.1 Å². The second-order valence-corrected chi connectivity index (χ2v) is 9.28. The standard InChI is InChI=1S/C26H13BrF10N2O2/c27-19-10-16(23(28,25(32,33)34)26(35,36)37)9-18(24(29,30)31)17(19)11-21(40)14-6-7-15(12-38)20(8-14)39-22(41)13-4-2-1-3-5-13/h1-10H,11H2,(H,39,41). The third kappa shape index (κ3) is 6.37. The minimum absolute atomic E-state index is 0.122. The van der Waals surface area contributed by atoms with Gasteiger partial charge in [-0.3, -0.25) is 9.59 Å². The summed E-state index contributed by atoms with van der Waals surface area (Å²) in [6.45, 7) is 0. The van der Waals surface area contributed by atoms with Crippen LogP contribution >= 0.6 is 15.9 Å². The highest BCUT2D eigenvalue weighted by Gasteiger charge is 2.73. The molecule has 0 bridgehead atoms. The average molecular weight is 655 g/mol. The fourth-order valence-electron chi connectivity index (χ4n) is 3.72. The number of halogens is 11. The first-order valence-electron chi connectivity index (χ1n) is 11.0. The molecule has 0 radical (unpaired) electrons. The van der Waals surface area contributed by atoms with Gasteiger partial charge in [0.1, 0.15) is 6.07 Å². The van der Waals surface area contributed by atoms with Gasteiger partial charge in [0.25, 0.3) is 5.91 Å². The molecule has 0 spiro atoms. The van der Waals surface area contributed by atoms with E-state index < -0.39 is 69.5 Å². The molecule has 0 heterocycles. The zero-order valence-electron chi connectivity index (χ0n) is 19.9. The van der Waals surface area contributed by atoms with Gasteiger partial charge in [0.2, 0.25) is 0 Å². The summed E-state index contributed by atoms with van der Waals surface area (Å²) in [4.78, 5) is 25.4. The minimum atomic E-state index is -6.67. The van der Waals surface area contributed by atoms with Gasteiger partial charge in [0.05, 0.1) is 16.8 Å². The molecule has 0 saturated carbocycles. The predicted molar refractivity (Wildman–Crippen MR) is 128 cm³/mol. The highest BCUT2D eigenvalue weighted by atomic mass is 79.9. The molecule has 216 valence electrons. The van der Waals surface area contributed by atoms with Gasteiger partial charge in [0.15, 0.2) is 5.78 Å². The van der Waals surface area contributed by atoms with Crippen LogP contribution in [0.2, 0.25) is 0 Å². The second-order valence-electron chi connectivity index (χ2n) is 8.43. The number of hydrogen-bond donors (Lipinski definition) is 1. The van der Waals surface area contributed by atoms with Crippen LogP contribution in [0, 0.1) is 11.3 Å². The van der Waals surface area contributed by atoms with Crippen LogP contribution in [0.5, 0.6) is 0 Å². The van der Waals surface area contributed by atoms with Crippen LogP contribution in [0.4, 0.5) is 49.6 Å². The molecular weight excluding hydrogens is 642 g/mol. The Balaban J connectivity index is 2.06. The van der Waals surface area contributed by atoms with Gasteiger partial charge < -0.3 is 5.32 Å². The van der Waals surface area contributed by atoms with Crippen LogP contribution in [-0.2, 0) is 18.3 Å². The summed E-state index contributed by atoms with van der Waals surface area (Å²) in [6, 6.07) is 11.6. The van der Waals surface area contributed by atoms with Gasteiger partial charge in [-0.25, -0.2) is 4.39 Å². The Morgan fingerprint density at radius 3 is 1.90 bits per heavy atom. The lowest BCUT2D eigenvalue weighted by molar-refractivity contribution is -0.348. The van der Waals surface area contributed by atoms with Gasteiger partial charge in [-0.15, -0.1) is 0 Å². The Bertz CT molecular complexity index is 1510. The van der Waals surface area contributed by atoms with Gasteiger partial charge in [-0.2, -0.15) is 44.8 Å². The van der Waals surface area contributed by atoms with E-state index in [1.807, 2.05) is 0 Å². The van der Waals surface area contributed by atoms with E-state index in [-0.39, 0.29) is 28.4 Å². The largest absolute Gasteiger partial charge is 0.435 e. The molecule has 4 nitrogen and oxygen atoms in total. The number of nitriles is 1. The number of benzene rings is 3. The molecule has 3 aromatic carbocycles. The van der Waals surface area contributed by atoms with Crippen LogP contribution in [-0.4, -0.2) is 24.0 Å². The van der Waals surface area contributed by atoms with Crippen molar-refractivity contribution in [2.24, 2.45) is 0 Å². The molecule has 3 rings (SSSR count). The summed E-state index contributed by atoms with van der Waals surface area (Å²) >= 11 is 2.46. The van der Waals surface area contributed by atoms with Gasteiger partial charge in [0, 0.05) is 27.6 Å². The molecule has 0 saturated heterocycles. The normalized spacial score (nSPS) is 12.5. The third-order valence-electron chi connectivity index (χ3n) is 5.76. The van der Waals surface area contributed by atoms with E-state index in [0.717, 1.165) is 18.2 Å². The van der Waals surface area contributed by atoms with Crippen LogP contribution in [0.3, 0.4) is 0 Å². The summed E-state index contributed by atoms with van der Waals surface area (Å²) in [7, 11) is 0. The first-order valence-corrected chi connectivity index (χ1v) is 11.8. The van der Waals surface area contributed by atoms with Crippen molar-refractivity contribution in [3.63, 3.8) is 0 Å². The molecule has 3 aromatic rings. The Labute approximate surface area is 232 Å². The highest BCUT2D eigenvalue weighted by Crippen LogP contribution is 2.54. The lowest BCUT2D eigenvalue weighted by Crippen LogP contribution is -2.50. The number of ketones is 1. The number of carbonyl (C=O) groups excluding carboxylic acids is 2. The molecule has 0 aliphatic rings. The first-order chi connectivity index (χ1) is 18.8. The van der Waals surface area contributed by atoms with E-state index in [1.165, 1.54) is 24.3 Å². The first kappa shape index (κ1) is 31.6. The van der Waals surface area contributed by atoms with E-state index in [1.54, 1.807) is 12.1 Å². The molecule has 1 N–H and O–H groups in total. The number of rotatable bonds is 6. The molecule has 0 aliphatic heterocycles.